The Hall–Kier alpha value is -2.00. The number of benzene rings is 1. The molecule has 2 saturated heterocycles. The fourth-order valence-electron chi connectivity index (χ4n) is 3.07. The lowest BCUT2D eigenvalue weighted by Crippen LogP contribution is -2.41. The molecule has 1 N–H and O–H groups in total. The molecule has 0 aliphatic carbocycles. The van der Waals surface area contributed by atoms with Crippen LogP contribution in [0.2, 0.25) is 5.02 Å². The molecule has 0 saturated carbocycles. The minimum absolute atomic E-state index is 0.0278. The number of rotatable bonds is 1. The molecular formula is C14H14ClFN4O. The van der Waals surface area contributed by atoms with E-state index in [-0.39, 0.29) is 22.8 Å². The second-order valence-electron chi connectivity index (χ2n) is 5.37. The number of urea groups is 1. The molecule has 1 aromatic carbocycles. The summed E-state index contributed by atoms with van der Waals surface area (Å²) in [4.78, 5) is 15.7. The zero-order valence-corrected chi connectivity index (χ0v) is 12.0. The van der Waals surface area contributed by atoms with E-state index in [1.807, 2.05) is 0 Å². The minimum atomic E-state index is -0.559. The summed E-state index contributed by atoms with van der Waals surface area (Å²) < 4.78 is 13.7. The van der Waals surface area contributed by atoms with Gasteiger partial charge in [0, 0.05) is 30.6 Å². The summed E-state index contributed by atoms with van der Waals surface area (Å²) in [5.74, 6) is -0.234. The Kier molecular flexibility index (Phi) is 3.60. The molecule has 0 bridgehead atoms. The number of halogens is 2. The maximum absolute atomic E-state index is 13.7. The van der Waals surface area contributed by atoms with Crippen LogP contribution in [0.5, 0.6) is 0 Å². The molecule has 2 aliphatic rings. The van der Waals surface area contributed by atoms with E-state index in [1.165, 1.54) is 12.1 Å². The molecule has 2 atom stereocenters. The first-order valence-corrected chi connectivity index (χ1v) is 7.13. The maximum atomic E-state index is 13.7. The number of nitrogens with one attached hydrogen (secondary N) is 1. The van der Waals surface area contributed by atoms with Gasteiger partial charge in [-0.05, 0) is 24.6 Å². The van der Waals surface area contributed by atoms with Crippen LogP contribution in [0.4, 0.5) is 14.9 Å². The normalized spacial score (nSPS) is 23.9. The van der Waals surface area contributed by atoms with Crippen molar-refractivity contribution in [1.82, 2.24) is 9.80 Å². The second-order valence-corrected chi connectivity index (χ2v) is 5.81. The highest BCUT2D eigenvalue weighted by molar-refractivity contribution is 6.30. The molecule has 110 valence electrons. The van der Waals surface area contributed by atoms with Crippen LogP contribution >= 0.6 is 11.6 Å². The van der Waals surface area contributed by atoms with Crippen LogP contribution < -0.4 is 5.32 Å². The third-order valence-corrected chi connectivity index (χ3v) is 4.36. The number of hydrogen-bond donors (Lipinski definition) is 1. The first-order valence-electron chi connectivity index (χ1n) is 6.76. The lowest BCUT2D eigenvalue weighted by atomic mass is 10.1. The third-order valence-electron chi connectivity index (χ3n) is 4.12. The van der Waals surface area contributed by atoms with E-state index < -0.39 is 5.82 Å². The van der Waals surface area contributed by atoms with Crippen LogP contribution in [-0.4, -0.2) is 41.5 Å². The monoisotopic (exact) mass is 308 g/mol. The maximum Gasteiger partial charge on any atom is 0.322 e. The highest BCUT2D eigenvalue weighted by atomic mass is 35.5. The zero-order chi connectivity index (χ0) is 15.0. The highest BCUT2D eigenvalue weighted by Crippen LogP contribution is 2.31. The van der Waals surface area contributed by atoms with Crippen LogP contribution in [0.1, 0.15) is 6.42 Å². The predicted octanol–water partition coefficient (Wildman–Crippen LogP) is 2.50. The molecule has 2 aliphatic heterocycles. The number of carbonyl (C=O) groups excluding carboxylic acids is 1. The van der Waals surface area contributed by atoms with Crippen LogP contribution in [0, 0.1) is 23.2 Å². The lowest BCUT2D eigenvalue weighted by Gasteiger charge is -2.24. The molecule has 0 aromatic heterocycles. The Bertz CT molecular complexity index is 617. The van der Waals surface area contributed by atoms with Crippen molar-refractivity contribution < 1.29 is 9.18 Å². The fraction of sp³-hybridized carbons (Fsp3) is 0.429. The molecule has 2 amide bonds. The molecule has 5 nitrogen and oxygen atoms in total. The summed E-state index contributed by atoms with van der Waals surface area (Å²) in [5, 5.41) is 11.8. The van der Waals surface area contributed by atoms with E-state index in [0.29, 0.717) is 25.6 Å². The van der Waals surface area contributed by atoms with Gasteiger partial charge in [-0.15, -0.1) is 0 Å². The molecule has 3 rings (SSSR count). The van der Waals surface area contributed by atoms with Gasteiger partial charge in [-0.3, -0.25) is 0 Å². The van der Waals surface area contributed by atoms with E-state index in [2.05, 4.69) is 11.5 Å². The third kappa shape index (κ3) is 2.61. The SMILES string of the molecule is N#CN1CC2CCN(C(=O)Nc3ccc(Cl)cc3F)[C@H]2C1. The van der Waals surface area contributed by atoms with Crippen LogP contribution in [0.25, 0.3) is 0 Å². The van der Waals surface area contributed by atoms with E-state index in [4.69, 9.17) is 16.9 Å². The van der Waals surface area contributed by atoms with Crippen molar-refractivity contribution in [2.24, 2.45) is 5.92 Å². The Morgan fingerprint density at radius 2 is 2.29 bits per heavy atom. The van der Waals surface area contributed by atoms with Gasteiger partial charge in [0.05, 0.1) is 11.7 Å². The van der Waals surface area contributed by atoms with Crippen molar-refractivity contribution in [3.05, 3.63) is 29.0 Å². The number of amides is 2. The zero-order valence-electron chi connectivity index (χ0n) is 11.2. The molecule has 2 heterocycles. The van der Waals surface area contributed by atoms with Gasteiger partial charge in [0.2, 0.25) is 0 Å². The van der Waals surface area contributed by atoms with Gasteiger partial charge in [0.25, 0.3) is 0 Å². The van der Waals surface area contributed by atoms with Crippen molar-refractivity contribution in [3.8, 4) is 6.19 Å². The summed E-state index contributed by atoms with van der Waals surface area (Å²) in [5.41, 5.74) is 0.114. The van der Waals surface area contributed by atoms with E-state index in [1.54, 1.807) is 9.80 Å². The van der Waals surface area contributed by atoms with Crippen LogP contribution in [-0.2, 0) is 0 Å². The van der Waals surface area contributed by atoms with Gasteiger partial charge >= 0.3 is 6.03 Å². The molecule has 21 heavy (non-hydrogen) atoms. The fourth-order valence-corrected chi connectivity index (χ4v) is 3.23. The van der Waals surface area contributed by atoms with E-state index in [0.717, 1.165) is 12.5 Å². The Labute approximate surface area is 126 Å². The van der Waals surface area contributed by atoms with E-state index >= 15 is 0 Å². The van der Waals surface area contributed by atoms with Crippen molar-refractivity contribution in [3.63, 3.8) is 0 Å². The summed E-state index contributed by atoms with van der Waals surface area (Å²) in [6.07, 6.45) is 2.99. The summed E-state index contributed by atoms with van der Waals surface area (Å²) >= 11 is 5.69. The first kappa shape index (κ1) is 14.0. The van der Waals surface area contributed by atoms with Crippen molar-refractivity contribution in [1.29, 1.82) is 5.26 Å². The smallest absolute Gasteiger partial charge is 0.319 e. The van der Waals surface area contributed by atoms with Gasteiger partial charge in [0.15, 0.2) is 6.19 Å². The molecule has 2 fully saturated rings. The van der Waals surface area contributed by atoms with Gasteiger partial charge in [-0.2, -0.15) is 5.26 Å². The van der Waals surface area contributed by atoms with Crippen molar-refractivity contribution in [2.75, 3.05) is 25.0 Å². The lowest BCUT2D eigenvalue weighted by molar-refractivity contribution is 0.203. The van der Waals surface area contributed by atoms with Gasteiger partial charge in [-0.1, -0.05) is 11.6 Å². The quantitative estimate of drug-likeness (QED) is 0.811. The second kappa shape index (κ2) is 5.41. The van der Waals surface area contributed by atoms with Crippen molar-refractivity contribution >= 4 is 23.3 Å². The average molecular weight is 309 g/mol. The number of likely N-dealkylation sites (tertiary alicyclic amines) is 2. The van der Waals surface area contributed by atoms with Crippen molar-refractivity contribution in [2.45, 2.75) is 12.5 Å². The topological polar surface area (TPSA) is 59.4 Å². The van der Waals surface area contributed by atoms with Gasteiger partial charge < -0.3 is 15.1 Å². The molecular weight excluding hydrogens is 295 g/mol. The van der Waals surface area contributed by atoms with E-state index in [9.17, 15) is 9.18 Å². The Morgan fingerprint density at radius 3 is 3.00 bits per heavy atom. The molecule has 0 spiro atoms. The Balaban J connectivity index is 1.70. The number of carbonyl (C=O) groups is 1. The number of nitriles is 1. The number of fused-ring (bicyclic) bond motifs is 1. The summed E-state index contributed by atoms with van der Waals surface area (Å²) in [6.45, 7) is 1.88. The summed E-state index contributed by atoms with van der Waals surface area (Å²) in [7, 11) is 0. The molecule has 7 heteroatoms. The Morgan fingerprint density at radius 1 is 1.48 bits per heavy atom. The average Bonchev–Trinajstić information content (AvgIpc) is 3.01. The van der Waals surface area contributed by atoms with Gasteiger partial charge in [0.1, 0.15) is 5.82 Å². The molecule has 0 radical (unpaired) electrons. The predicted molar refractivity (Wildman–Crippen MR) is 76.2 cm³/mol. The number of anilines is 1. The first-order chi connectivity index (χ1) is 10.1. The largest absolute Gasteiger partial charge is 0.322 e. The number of nitrogens with zero attached hydrogens (tertiary/aromatic N) is 3. The standard InChI is InChI=1S/C14H14ClFN4O/c15-10-1-2-12(11(16)5-10)18-14(21)20-4-3-9-6-19(8-17)7-13(9)20/h1-2,5,9,13H,3-4,6-7H2,(H,18,21)/t9?,13-/m0/s1. The van der Waals surface area contributed by atoms with Crippen LogP contribution in [0.15, 0.2) is 18.2 Å². The van der Waals surface area contributed by atoms with Crippen LogP contribution in [0.3, 0.4) is 0 Å². The molecule has 1 aromatic rings. The molecule has 1 unspecified atom stereocenters. The highest BCUT2D eigenvalue weighted by Gasteiger charge is 2.43. The van der Waals surface area contributed by atoms with Gasteiger partial charge in [-0.25, -0.2) is 9.18 Å². The summed E-state index contributed by atoms with van der Waals surface area (Å²) in [6, 6.07) is 3.83. The minimum Gasteiger partial charge on any atom is -0.319 e. The number of hydrogen-bond acceptors (Lipinski definition) is 3.